The summed E-state index contributed by atoms with van der Waals surface area (Å²) in [6, 6.07) is 5.30. The van der Waals surface area contributed by atoms with E-state index in [-0.39, 0.29) is 31.0 Å². The standard InChI is InChI=1S/C16H18FN3O3/c1-20-10-9-18-16(20)15(11-5-7-12(17)8-6-11)19-13(21)3-2-4-14(22)23/h5-10,15H,2-4H2,1H3,(H,19,21)(H,22,23). The molecular weight excluding hydrogens is 301 g/mol. The number of aliphatic carboxylic acids is 1. The quantitative estimate of drug-likeness (QED) is 0.818. The zero-order valence-electron chi connectivity index (χ0n) is 12.7. The van der Waals surface area contributed by atoms with Gasteiger partial charge in [0.15, 0.2) is 0 Å². The van der Waals surface area contributed by atoms with Crippen molar-refractivity contribution in [2.75, 3.05) is 0 Å². The van der Waals surface area contributed by atoms with Gasteiger partial charge in [0, 0.05) is 32.3 Å². The average molecular weight is 319 g/mol. The number of halogens is 1. The van der Waals surface area contributed by atoms with Crippen molar-refractivity contribution in [3.8, 4) is 0 Å². The van der Waals surface area contributed by atoms with Gasteiger partial charge in [0.05, 0.1) is 0 Å². The van der Waals surface area contributed by atoms with Crippen molar-refractivity contribution in [3.63, 3.8) is 0 Å². The minimum absolute atomic E-state index is 0.0585. The van der Waals surface area contributed by atoms with Gasteiger partial charge in [-0.15, -0.1) is 0 Å². The number of hydrogen-bond donors (Lipinski definition) is 2. The van der Waals surface area contributed by atoms with Crippen LogP contribution < -0.4 is 5.32 Å². The lowest BCUT2D eigenvalue weighted by Crippen LogP contribution is -2.31. The zero-order valence-corrected chi connectivity index (χ0v) is 12.7. The first-order valence-electron chi connectivity index (χ1n) is 7.21. The van der Waals surface area contributed by atoms with Crippen molar-refractivity contribution < 1.29 is 19.1 Å². The highest BCUT2D eigenvalue weighted by Gasteiger charge is 2.20. The van der Waals surface area contributed by atoms with E-state index in [9.17, 15) is 14.0 Å². The second-order valence-electron chi connectivity index (χ2n) is 5.20. The maximum absolute atomic E-state index is 13.1. The van der Waals surface area contributed by atoms with Gasteiger partial charge in [-0.25, -0.2) is 9.37 Å². The highest BCUT2D eigenvalue weighted by Crippen LogP contribution is 2.21. The van der Waals surface area contributed by atoms with E-state index in [1.54, 1.807) is 36.1 Å². The topological polar surface area (TPSA) is 84.2 Å². The molecule has 2 rings (SSSR count). The number of aryl methyl sites for hydroxylation is 1. The Morgan fingerprint density at radius 1 is 1.30 bits per heavy atom. The molecule has 0 fully saturated rings. The number of carbonyl (C=O) groups is 2. The molecule has 122 valence electrons. The fraction of sp³-hybridized carbons (Fsp3) is 0.312. The predicted molar refractivity (Wildman–Crippen MR) is 81.1 cm³/mol. The Hall–Kier alpha value is -2.70. The Balaban J connectivity index is 2.14. The second kappa shape index (κ2) is 7.53. The van der Waals surface area contributed by atoms with Gasteiger partial charge in [-0.3, -0.25) is 9.59 Å². The van der Waals surface area contributed by atoms with E-state index < -0.39 is 12.0 Å². The number of imidazole rings is 1. The SMILES string of the molecule is Cn1ccnc1C(NC(=O)CCCC(=O)O)c1ccc(F)cc1. The zero-order chi connectivity index (χ0) is 16.8. The summed E-state index contributed by atoms with van der Waals surface area (Å²) in [5, 5.41) is 11.5. The molecule has 1 amide bonds. The lowest BCUT2D eigenvalue weighted by Gasteiger charge is -2.19. The highest BCUT2D eigenvalue weighted by molar-refractivity contribution is 5.77. The largest absolute Gasteiger partial charge is 0.481 e. The smallest absolute Gasteiger partial charge is 0.303 e. The monoisotopic (exact) mass is 319 g/mol. The Labute approximate surface area is 133 Å². The van der Waals surface area contributed by atoms with Crippen LogP contribution in [0.3, 0.4) is 0 Å². The molecule has 0 radical (unpaired) electrons. The van der Waals surface area contributed by atoms with E-state index in [4.69, 9.17) is 5.11 Å². The third kappa shape index (κ3) is 4.64. The van der Waals surface area contributed by atoms with Crippen LogP contribution >= 0.6 is 0 Å². The molecular formula is C16H18FN3O3. The van der Waals surface area contributed by atoms with Gasteiger partial charge >= 0.3 is 5.97 Å². The van der Waals surface area contributed by atoms with Crippen LogP contribution in [0.2, 0.25) is 0 Å². The number of rotatable bonds is 7. The second-order valence-corrected chi connectivity index (χ2v) is 5.20. The first-order chi connectivity index (χ1) is 11.0. The van der Waals surface area contributed by atoms with Gasteiger partial charge in [0.25, 0.3) is 0 Å². The van der Waals surface area contributed by atoms with Crippen LogP contribution in [0.15, 0.2) is 36.7 Å². The van der Waals surface area contributed by atoms with Crippen LogP contribution in [0.4, 0.5) is 4.39 Å². The Morgan fingerprint density at radius 2 is 2.00 bits per heavy atom. The van der Waals surface area contributed by atoms with E-state index in [1.165, 1.54) is 12.1 Å². The lowest BCUT2D eigenvalue weighted by molar-refractivity contribution is -0.137. The van der Waals surface area contributed by atoms with Crippen molar-refractivity contribution in [1.82, 2.24) is 14.9 Å². The number of hydrogen-bond acceptors (Lipinski definition) is 3. The van der Waals surface area contributed by atoms with E-state index in [1.807, 2.05) is 0 Å². The first-order valence-corrected chi connectivity index (χ1v) is 7.21. The maximum atomic E-state index is 13.1. The molecule has 1 unspecified atom stereocenters. The summed E-state index contributed by atoms with van der Waals surface area (Å²) in [6.45, 7) is 0. The van der Waals surface area contributed by atoms with E-state index in [2.05, 4.69) is 10.3 Å². The molecule has 0 aliphatic heterocycles. The molecule has 1 aromatic heterocycles. The molecule has 1 heterocycles. The fourth-order valence-electron chi connectivity index (χ4n) is 2.24. The van der Waals surface area contributed by atoms with Gasteiger partial charge in [0.2, 0.25) is 5.91 Å². The summed E-state index contributed by atoms with van der Waals surface area (Å²) in [7, 11) is 1.80. The molecule has 2 aromatic rings. The summed E-state index contributed by atoms with van der Waals surface area (Å²) < 4.78 is 14.9. The van der Waals surface area contributed by atoms with Crippen molar-refractivity contribution in [2.45, 2.75) is 25.3 Å². The van der Waals surface area contributed by atoms with Gasteiger partial charge in [0.1, 0.15) is 17.7 Å². The lowest BCUT2D eigenvalue weighted by atomic mass is 10.1. The third-order valence-electron chi connectivity index (χ3n) is 3.42. The third-order valence-corrected chi connectivity index (χ3v) is 3.42. The molecule has 7 heteroatoms. The van der Waals surface area contributed by atoms with Crippen molar-refractivity contribution >= 4 is 11.9 Å². The molecule has 0 aliphatic carbocycles. The number of carboxylic acid groups (broad SMARTS) is 1. The molecule has 0 saturated carbocycles. The summed E-state index contributed by atoms with van der Waals surface area (Å²) in [4.78, 5) is 26.8. The summed E-state index contributed by atoms with van der Waals surface area (Å²) >= 11 is 0. The molecule has 1 atom stereocenters. The molecule has 0 saturated heterocycles. The van der Waals surface area contributed by atoms with E-state index >= 15 is 0 Å². The highest BCUT2D eigenvalue weighted by atomic mass is 19.1. The molecule has 2 N–H and O–H groups in total. The summed E-state index contributed by atoms with van der Waals surface area (Å²) in [5.41, 5.74) is 0.701. The van der Waals surface area contributed by atoms with Crippen LogP contribution in [-0.2, 0) is 16.6 Å². The number of amides is 1. The molecule has 0 bridgehead atoms. The number of aromatic nitrogens is 2. The number of carboxylic acids is 1. The minimum Gasteiger partial charge on any atom is -0.481 e. The van der Waals surface area contributed by atoms with Crippen LogP contribution in [0, 0.1) is 5.82 Å². The Morgan fingerprint density at radius 3 is 2.57 bits per heavy atom. The van der Waals surface area contributed by atoms with Crippen molar-refractivity contribution in [1.29, 1.82) is 0 Å². The minimum atomic E-state index is -0.933. The summed E-state index contributed by atoms with van der Waals surface area (Å²) in [6.07, 6.45) is 3.67. The average Bonchev–Trinajstić information content (AvgIpc) is 2.91. The number of benzene rings is 1. The number of nitrogens with zero attached hydrogens (tertiary/aromatic N) is 2. The van der Waals surface area contributed by atoms with Gasteiger partial charge in [-0.2, -0.15) is 0 Å². The maximum Gasteiger partial charge on any atom is 0.303 e. The summed E-state index contributed by atoms with van der Waals surface area (Å²) in [5.74, 6) is -0.955. The predicted octanol–water partition coefficient (Wildman–Crippen LogP) is 2.02. The van der Waals surface area contributed by atoms with Gasteiger partial charge in [-0.05, 0) is 24.1 Å². The van der Waals surface area contributed by atoms with E-state index in [0.29, 0.717) is 11.4 Å². The molecule has 0 aliphatic rings. The molecule has 23 heavy (non-hydrogen) atoms. The molecule has 0 spiro atoms. The Bertz CT molecular complexity index is 682. The van der Waals surface area contributed by atoms with Gasteiger partial charge < -0.3 is 15.0 Å². The number of nitrogens with one attached hydrogen (secondary N) is 1. The van der Waals surface area contributed by atoms with E-state index in [0.717, 1.165) is 0 Å². The van der Waals surface area contributed by atoms with Crippen LogP contribution in [0.1, 0.15) is 36.7 Å². The first kappa shape index (κ1) is 16.7. The molecule has 6 nitrogen and oxygen atoms in total. The Kier molecular flexibility index (Phi) is 5.46. The van der Waals surface area contributed by atoms with Crippen LogP contribution in [0.5, 0.6) is 0 Å². The fourth-order valence-corrected chi connectivity index (χ4v) is 2.24. The normalized spacial score (nSPS) is 11.9. The van der Waals surface area contributed by atoms with Crippen molar-refractivity contribution in [3.05, 3.63) is 53.9 Å². The van der Waals surface area contributed by atoms with Gasteiger partial charge in [-0.1, -0.05) is 12.1 Å². The number of carbonyl (C=O) groups excluding carboxylic acids is 1. The molecule has 1 aromatic carbocycles. The van der Waals surface area contributed by atoms with Crippen LogP contribution in [-0.4, -0.2) is 26.5 Å². The van der Waals surface area contributed by atoms with Crippen molar-refractivity contribution in [2.24, 2.45) is 7.05 Å². The van der Waals surface area contributed by atoms with Crippen LogP contribution in [0.25, 0.3) is 0 Å².